The van der Waals surface area contributed by atoms with Gasteiger partial charge in [0, 0.05) is 0 Å². The average Bonchev–Trinajstić information content (AvgIpc) is 2.64. The fourth-order valence-electron chi connectivity index (χ4n) is 2.79. The van der Waals surface area contributed by atoms with Crippen LogP contribution in [0.25, 0.3) is 6.08 Å². The fraction of sp³-hybridized carbons (Fsp3) is 0.474. The lowest BCUT2D eigenvalue weighted by Crippen LogP contribution is -3.10. The molecule has 2 rings (SSSR count). The Balaban J connectivity index is 1.83. The van der Waals surface area contributed by atoms with Crippen molar-refractivity contribution in [2.75, 3.05) is 33.3 Å². The second kappa shape index (κ2) is 9.22. The Kier molecular flexibility index (Phi) is 7.01. The number of amides is 2. The molecule has 0 unspecified atom stereocenters. The summed E-state index contributed by atoms with van der Waals surface area (Å²) in [5, 5.41) is 2.79. The molecule has 0 aromatic heterocycles. The van der Waals surface area contributed by atoms with Crippen molar-refractivity contribution in [2.24, 2.45) is 5.92 Å². The molecule has 1 fully saturated rings. The van der Waals surface area contributed by atoms with Gasteiger partial charge in [-0.1, -0.05) is 44.2 Å². The monoisotopic (exact) mass is 346 g/mol. The zero-order chi connectivity index (χ0) is 18.2. The molecule has 0 spiro atoms. The first kappa shape index (κ1) is 19.0. The number of benzene rings is 1. The van der Waals surface area contributed by atoms with Crippen molar-refractivity contribution in [3.63, 3.8) is 0 Å². The molecule has 1 aliphatic rings. The Hall–Kier alpha value is -2.34. The largest absolute Gasteiger partial charge is 0.467 e. The van der Waals surface area contributed by atoms with Crippen LogP contribution in [0, 0.1) is 5.92 Å². The number of rotatable bonds is 5. The molecule has 6 heteroatoms. The summed E-state index contributed by atoms with van der Waals surface area (Å²) in [7, 11) is 1.34. The van der Waals surface area contributed by atoms with Crippen LogP contribution in [0.15, 0.2) is 36.5 Å². The van der Waals surface area contributed by atoms with Gasteiger partial charge in [0.15, 0.2) is 0 Å². The smallest absolute Gasteiger partial charge is 0.328 e. The molecule has 136 valence electrons. The fourth-order valence-corrected chi connectivity index (χ4v) is 2.79. The normalized spacial score (nSPS) is 16.9. The molecule has 0 bridgehead atoms. The van der Waals surface area contributed by atoms with Gasteiger partial charge in [-0.15, -0.1) is 0 Å². The third kappa shape index (κ3) is 5.60. The molecule has 1 aromatic carbocycles. The van der Waals surface area contributed by atoms with E-state index >= 15 is 0 Å². The molecule has 2 amide bonds. The van der Waals surface area contributed by atoms with Crippen LogP contribution in [0.1, 0.15) is 19.4 Å². The Morgan fingerprint density at radius 3 is 2.40 bits per heavy atom. The van der Waals surface area contributed by atoms with Crippen LogP contribution >= 0.6 is 0 Å². The second-order valence-electron chi connectivity index (χ2n) is 6.58. The number of piperazine rings is 1. The summed E-state index contributed by atoms with van der Waals surface area (Å²) in [6.07, 6.45) is 4.26. The van der Waals surface area contributed by atoms with Gasteiger partial charge in [0.2, 0.25) is 0 Å². The van der Waals surface area contributed by atoms with Crippen LogP contribution in [-0.4, -0.2) is 56.2 Å². The van der Waals surface area contributed by atoms with Crippen molar-refractivity contribution in [2.45, 2.75) is 19.9 Å². The topological polar surface area (TPSA) is 63.1 Å². The molecule has 0 radical (unpaired) electrons. The third-order valence-electron chi connectivity index (χ3n) is 4.40. The summed E-state index contributed by atoms with van der Waals surface area (Å²) in [6.45, 7) is 6.79. The van der Waals surface area contributed by atoms with Crippen molar-refractivity contribution in [1.29, 1.82) is 0 Å². The number of nitrogens with one attached hydrogen (secondary N) is 2. The van der Waals surface area contributed by atoms with Crippen molar-refractivity contribution in [1.82, 2.24) is 10.2 Å². The molecule has 1 atom stereocenters. The molecule has 1 aliphatic heterocycles. The van der Waals surface area contributed by atoms with Crippen molar-refractivity contribution in [3.05, 3.63) is 42.1 Å². The maximum Gasteiger partial charge on any atom is 0.328 e. The third-order valence-corrected chi connectivity index (χ3v) is 4.40. The van der Waals surface area contributed by atoms with Gasteiger partial charge in [-0.2, -0.15) is 0 Å². The van der Waals surface area contributed by atoms with E-state index in [1.54, 1.807) is 4.90 Å². The number of hydrogen-bond donors (Lipinski definition) is 2. The Labute approximate surface area is 149 Å². The van der Waals surface area contributed by atoms with Gasteiger partial charge in [-0.3, -0.25) is 0 Å². The summed E-state index contributed by atoms with van der Waals surface area (Å²) in [6, 6.07) is 9.36. The quantitative estimate of drug-likeness (QED) is 0.774. The second-order valence-corrected chi connectivity index (χ2v) is 6.58. The van der Waals surface area contributed by atoms with E-state index in [1.165, 1.54) is 17.6 Å². The number of ether oxygens (including phenoxy) is 1. The van der Waals surface area contributed by atoms with E-state index in [1.807, 2.05) is 32.0 Å². The van der Waals surface area contributed by atoms with E-state index in [2.05, 4.69) is 29.7 Å². The summed E-state index contributed by atoms with van der Waals surface area (Å²) in [4.78, 5) is 27.3. The highest BCUT2D eigenvalue weighted by atomic mass is 16.5. The summed E-state index contributed by atoms with van der Waals surface area (Å²) in [5.41, 5.74) is 1.17. The van der Waals surface area contributed by atoms with Gasteiger partial charge in [-0.25, -0.2) is 9.59 Å². The zero-order valence-corrected chi connectivity index (χ0v) is 15.2. The highest BCUT2D eigenvalue weighted by molar-refractivity contribution is 5.83. The number of urea groups is 1. The molecular formula is C19H28N3O3+. The van der Waals surface area contributed by atoms with Crippen molar-refractivity contribution < 1.29 is 19.2 Å². The molecule has 2 N–H and O–H groups in total. The minimum absolute atomic E-state index is 0.0166. The molecule has 6 nitrogen and oxygen atoms in total. The molecule has 1 aromatic rings. The van der Waals surface area contributed by atoms with Gasteiger partial charge < -0.3 is 19.9 Å². The Morgan fingerprint density at radius 2 is 1.84 bits per heavy atom. The maximum atomic E-state index is 12.4. The van der Waals surface area contributed by atoms with Crippen LogP contribution in [0.3, 0.4) is 0 Å². The van der Waals surface area contributed by atoms with Gasteiger partial charge in [0.1, 0.15) is 6.04 Å². The van der Waals surface area contributed by atoms with Crippen LogP contribution in [0.5, 0.6) is 0 Å². The van der Waals surface area contributed by atoms with E-state index in [9.17, 15) is 9.59 Å². The SMILES string of the molecule is COC(=O)[C@@H](NC(=O)N1CC[NH+](C=Cc2ccccc2)CC1)C(C)C. The first-order valence-corrected chi connectivity index (χ1v) is 8.72. The molecule has 1 saturated heterocycles. The maximum absolute atomic E-state index is 12.4. The molecule has 0 saturated carbocycles. The minimum Gasteiger partial charge on any atom is -0.467 e. The van der Waals surface area contributed by atoms with Crippen LogP contribution in [0.4, 0.5) is 4.79 Å². The van der Waals surface area contributed by atoms with E-state index in [0.29, 0.717) is 13.1 Å². The highest BCUT2D eigenvalue weighted by Crippen LogP contribution is 2.05. The summed E-state index contributed by atoms with van der Waals surface area (Å²) < 4.78 is 4.77. The van der Waals surface area contributed by atoms with E-state index < -0.39 is 12.0 Å². The number of esters is 1. The Bertz CT molecular complexity index is 593. The van der Waals surface area contributed by atoms with Crippen molar-refractivity contribution in [3.8, 4) is 0 Å². The average molecular weight is 346 g/mol. The lowest BCUT2D eigenvalue weighted by molar-refractivity contribution is -0.850. The zero-order valence-electron chi connectivity index (χ0n) is 15.2. The summed E-state index contributed by atoms with van der Waals surface area (Å²) >= 11 is 0. The van der Waals surface area contributed by atoms with Crippen molar-refractivity contribution >= 4 is 18.1 Å². The van der Waals surface area contributed by atoms with Gasteiger partial charge in [0.05, 0.1) is 39.5 Å². The predicted molar refractivity (Wildman–Crippen MR) is 96.9 cm³/mol. The molecule has 1 heterocycles. The number of methoxy groups -OCH3 is 1. The van der Waals surface area contributed by atoms with Gasteiger partial charge in [0.25, 0.3) is 0 Å². The lowest BCUT2D eigenvalue weighted by atomic mass is 10.1. The summed E-state index contributed by atoms with van der Waals surface area (Å²) in [5.74, 6) is -0.421. The number of carbonyl (C=O) groups is 2. The Morgan fingerprint density at radius 1 is 1.20 bits per heavy atom. The standard InChI is InChI=1S/C19H27N3O3/c1-15(2)17(18(23)25-3)20-19(24)22-13-11-21(12-14-22)10-9-16-7-5-4-6-8-16/h4-10,15,17H,11-14H2,1-3H3,(H,20,24)/p+1/t17-/m0/s1. The van der Waals surface area contributed by atoms with Gasteiger partial charge >= 0.3 is 12.0 Å². The predicted octanol–water partition coefficient (Wildman–Crippen LogP) is 0.765. The first-order valence-electron chi connectivity index (χ1n) is 8.72. The highest BCUT2D eigenvalue weighted by Gasteiger charge is 2.29. The van der Waals surface area contributed by atoms with Crippen LogP contribution in [0.2, 0.25) is 0 Å². The minimum atomic E-state index is -0.610. The van der Waals surface area contributed by atoms with Crippen LogP contribution in [-0.2, 0) is 9.53 Å². The van der Waals surface area contributed by atoms with Gasteiger partial charge in [-0.05, 0) is 17.6 Å². The van der Waals surface area contributed by atoms with E-state index in [0.717, 1.165) is 13.1 Å². The molecule has 0 aliphatic carbocycles. The number of carbonyl (C=O) groups excluding carboxylic acids is 2. The van der Waals surface area contributed by atoms with Crippen LogP contribution < -0.4 is 10.2 Å². The lowest BCUT2D eigenvalue weighted by Gasteiger charge is -2.32. The number of nitrogens with zero attached hydrogens (tertiary/aromatic N) is 1. The van der Waals surface area contributed by atoms with E-state index in [-0.39, 0.29) is 11.9 Å². The number of hydrogen-bond acceptors (Lipinski definition) is 3. The number of quaternary nitrogens is 1. The van der Waals surface area contributed by atoms with E-state index in [4.69, 9.17) is 4.74 Å². The molecule has 25 heavy (non-hydrogen) atoms. The first-order chi connectivity index (χ1) is 12.0. The molecular weight excluding hydrogens is 318 g/mol.